The first-order chi connectivity index (χ1) is 7.56. The highest BCUT2D eigenvalue weighted by molar-refractivity contribution is 8.01. The van der Waals surface area contributed by atoms with Gasteiger partial charge in [0, 0.05) is 13.2 Å². The molecule has 3 nitrogen and oxygen atoms in total. The Morgan fingerprint density at radius 1 is 1.56 bits per heavy atom. The van der Waals surface area contributed by atoms with Crippen molar-refractivity contribution in [3.05, 3.63) is 0 Å². The Morgan fingerprint density at radius 2 is 2.31 bits per heavy atom. The van der Waals surface area contributed by atoms with Crippen LogP contribution in [-0.4, -0.2) is 36.3 Å². The average molecular weight is 246 g/mol. The van der Waals surface area contributed by atoms with Crippen molar-refractivity contribution in [3.63, 3.8) is 0 Å². The lowest BCUT2D eigenvalue weighted by Crippen LogP contribution is -2.30. The summed E-state index contributed by atoms with van der Waals surface area (Å²) >= 11 is 1.68. The summed E-state index contributed by atoms with van der Waals surface area (Å²) in [7, 11) is 0. The molecule has 1 rings (SSSR count). The SMILES string of the molecule is CCOC(=O)C(C)(C)SCC[C@@H]1CCOC1. The van der Waals surface area contributed by atoms with Gasteiger partial charge in [-0.25, -0.2) is 0 Å². The van der Waals surface area contributed by atoms with Crippen molar-refractivity contribution in [1.82, 2.24) is 0 Å². The number of rotatable bonds is 6. The largest absolute Gasteiger partial charge is 0.465 e. The molecule has 94 valence electrons. The van der Waals surface area contributed by atoms with Gasteiger partial charge in [-0.2, -0.15) is 0 Å². The number of hydrogen-bond donors (Lipinski definition) is 0. The summed E-state index contributed by atoms with van der Waals surface area (Å²) in [6, 6.07) is 0. The number of thioether (sulfide) groups is 1. The molecule has 1 aliphatic heterocycles. The topological polar surface area (TPSA) is 35.5 Å². The van der Waals surface area contributed by atoms with E-state index in [1.54, 1.807) is 11.8 Å². The summed E-state index contributed by atoms with van der Waals surface area (Å²) in [6.07, 6.45) is 2.30. The lowest BCUT2D eigenvalue weighted by atomic mass is 10.1. The molecule has 0 saturated carbocycles. The molecule has 0 aromatic carbocycles. The monoisotopic (exact) mass is 246 g/mol. The third-order valence-corrected chi connectivity index (χ3v) is 4.11. The summed E-state index contributed by atoms with van der Waals surface area (Å²) in [5.74, 6) is 1.58. The molecule has 1 fully saturated rings. The second-order valence-electron chi connectivity index (χ2n) is 4.60. The van der Waals surface area contributed by atoms with Gasteiger partial charge in [0.1, 0.15) is 4.75 Å². The molecule has 0 N–H and O–H groups in total. The molecule has 4 heteroatoms. The maximum Gasteiger partial charge on any atom is 0.321 e. The van der Waals surface area contributed by atoms with Gasteiger partial charge < -0.3 is 9.47 Å². The van der Waals surface area contributed by atoms with Crippen molar-refractivity contribution < 1.29 is 14.3 Å². The fourth-order valence-electron chi connectivity index (χ4n) is 1.66. The fraction of sp³-hybridized carbons (Fsp3) is 0.917. The van der Waals surface area contributed by atoms with Crippen LogP contribution < -0.4 is 0 Å². The maximum absolute atomic E-state index is 11.6. The highest BCUT2D eigenvalue weighted by atomic mass is 32.2. The zero-order chi connectivity index (χ0) is 12.0. The summed E-state index contributed by atoms with van der Waals surface area (Å²) in [4.78, 5) is 11.6. The molecule has 0 aliphatic carbocycles. The number of carbonyl (C=O) groups excluding carboxylic acids is 1. The minimum Gasteiger partial charge on any atom is -0.465 e. The van der Waals surface area contributed by atoms with Gasteiger partial charge in [-0.3, -0.25) is 4.79 Å². The van der Waals surface area contributed by atoms with Crippen LogP contribution in [0.1, 0.15) is 33.6 Å². The van der Waals surface area contributed by atoms with Crippen LogP contribution in [0.2, 0.25) is 0 Å². The Kier molecular flexibility index (Phi) is 5.62. The van der Waals surface area contributed by atoms with Crippen LogP contribution >= 0.6 is 11.8 Å². The molecule has 0 radical (unpaired) electrons. The van der Waals surface area contributed by atoms with Crippen molar-refractivity contribution in [2.75, 3.05) is 25.6 Å². The van der Waals surface area contributed by atoms with E-state index in [0.29, 0.717) is 12.5 Å². The zero-order valence-corrected chi connectivity index (χ0v) is 11.3. The maximum atomic E-state index is 11.6. The van der Waals surface area contributed by atoms with Crippen LogP contribution in [-0.2, 0) is 14.3 Å². The Balaban J connectivity index is 2.21. The van der Waals surface area contributed by atoms with E-state index in [-0.39, 0.29) is 5.97 Å². The first kappa shape index (κ1) is 13.8. The Morgan fingerprint density at radius 3 is 2.88 bits per heavy atom. The predicted molar refractivity (Wildman–Crippen MR) is 66.7 cm³/mol. The van der Waals surface area contributed by atoms with Gasteiger partial charge in [-0.05, 0) is 45.3 Å². The lowest BCUT2D eigenvalue weighted by Gasteiger charge is -2.22. The van der Waals surface area contributed by atoms with E-state index in [1.807, 2.05) is 20.8 Å². The Labute approximate surface area is 102 Å². The quantitative estimate of drug-likeness (QED) is 0.675. The highest BCUT2D eigenvalue weighted by Crippen LogP contribution is 2.29. The van der Waals surface area contributed by atoms with Crippen molar-refractivity contribution in [2.45, 2.75) is 38.4 Å². The smallest absolute Gasteiger partial charge is 0.321 e. The molecular formula is C12H22O3S. The van der Waals surface area contributed by atoms with E-state index in [1.165, 1.54) is 6.42 Å². The minimum atomic E-state index is -0.421. The number of esters is 1. The van der Waals surface area contributed by atoms with Gasteiger partial charge in [0.25, 0.3) is 0 Å². The van der Waals surface area contributed by atoms with Gasteiger partial charge in [-0.15, -0.1) is 11.8 Å². The molecule has 0 spiro atoms. The number of hydrogen-bond acceptors (Lipinski definition) is 4. The van der Waals surface area contributed by atoms with E-state index in [0.717, 1.165) is 25.4 Å². The standard InChI is InChI=1S/C12H22O3S/c1-4-15-11(13)12(2,3)16-8-6-10-5-7-14-9-10/h10H,4-9H2,1-3H3/t10-/m0/s1. The molecule has 0 amide bonds. The summed E-state index contributed by atoms with van der Waals surface area (Å²) in [5.41, 5.74) is 0. The second kappa shape index (κ2) is 6.50. The van der Waals surface area contributed by atoms with Gasteiger partial charge >= 0.3 is 5.97 Å². The first-order valence-electron chi connectivity index (χ1n) is 5.95. The van der Waals surface area contributed by atoms with Gasteiger partial charge in [-0.1, -0.05) is 0 Å². The predicted octanol–water partition coefficient (Wildman–Crippen LogP) is 2.49. The molecule has 0 aromatic rings. The van der Waals surface area contributed by atoms with E-state index in [9.17, 15) is 4.79 Å². The molecule has 0 bridgehead atoms. The zero-order valence-electron chi connectivity index (χ0n) is 10.5. The summed E-state index contributed by atoms with van der Waals surface area (Å²) < 4.78 is 9.95. The lowest BCUT2D eigenvalue weighted by molar-refractivity contribution is -0.145. The van der Waals surface area contributed by atoms with E-state index in [2.05, 4.69) is 0 Å². The molecule has 1 aliphatic rings. The van der Waals surface area contributed by atoms with Crippen molar-refractivity contribution in [2.24, 2.45) is 5.92 Å². The molecule has 16 heavy (non-hydrogen) atoms. The Bertz CT molecular complexity index is 222. The molecule has 0 aromatic heterocycles. The molecule has 0 unspecified atom stereocenters. The third-order valence-electron chi connectivity index (χ3n) is 2.78. The van der Waals surface area contributed by atoms with Crippen LogP contribution in [0, 0.1) is 5.92 Å². The third kappa shape index (κ3) is 4.34. The second-order valence-corrected chi connectivity index (χ2v) is 6.32. The molecule has 1 atom stereocenters. The van der Waals surface area contributed by atoms with Crippen LogP contribution in [0.3, 0.4) is 0 Å². The number of carbonyl (C=O) groups is 1. The minimum absolute atomic E-state index is 0.109. The van der Waals surface area contributed by atoms with Gasteiger partial charge in [0.05, 0.1) is 6.61 Å². The number of ether oxygens (including phenoxy) is 2. The molecule has 1 heterocycles. The van der Waals surface area contributed by atoms with Crippen LogP contribution in [0.4, 0.5) is 0 Å². The fourth-order valence-corrected chi connectivity index (χ4v) is 2.79. The van der Waals surface area contributed by atoms with Crippen molar-refractivity contribution in [1.29, 1.82) is 0 Å². The van der Waals surface area contributed by atoms with E-state index >= 15 is 0 Å². The molecular weight excluding hydrogens is 224 g/mol. The average Bonchev–Trinajstić information content (AvgIpc) is 2.70. The van der Waals surface area contributed by atoms with Crippen LogP contribution in [0.5, 0.6) is 0 Å². The normalized spacial score (nSPS) is 21.1. The Hall–Kier alpha value is -0.220. The van der Waals surface area contributed by atoms with Crippen LogP contribution in [0.15, 0.2) is 0 Å². The summed E-state index contributed by atoms with van der Waals surface area (Å²) in [6.45, 7) is 7.95. The van der Waals surface area contributed by atoms with Crippen molar-refractivity contribution >= 4 is 17.7 Å². The van der Waals surface area contributed by atoms with E-state index in [4.69, 9.17) is 9.47 Å². The van der Waals surface area contributed by atoms with E-state index < -0.39 is 4.75 Å². The van der Waals surface area contributed by atoms with Gasteiger partial charge in [0.15, 0.2) is 0 Å². The van der Waals surface area contributed by atoms with Crippen LogP contribution in [0.25, 0.3) is 0 Å². The highest BCUT2D eigenvalue weighted by Gasteiger charge is 2.30. The summed E-state index contributed by atoms with van der Waals surface area (Å²) in [5, 5.41) is 0. The molecule has 1 saturated heterocycles. The van der Waals surface area contributed by atoms with Crippen molar-refractivity contribution in [3.8, 4) is 0 Å². The first-order valence-corrected chi connectivity index (χ1v) is 6.93. The van der Waals surface area contributed by atoms with Gasteiger partial charge in [0.2, 0.25) is 0 Å².